The average molecular weight is 993 g/mol. The fourth-order valence-corrected chi connectivity index (χ4v) is 14.9. The molecule has 0 amide bonds. The van der Waals surface area contributed by atoms with Gasteiger partial charge in [-0.2, -0.15) is 0 Å². The fourth-order valence-electron chi connectivity index (χ4n) is 10.4. The van der Waals surface area contributed by atoms with E-state index in [-0.39, 0.29) is 37.2 Å². The van der Waals surface area contributed by atoms with Crippen LogP contribution in [0.1, 0.15) is 71.4 Å². The van der Waals surface area contributed by atoms with Crippen LogP contribution in [-0.4, -0.2) is 102 Å². The number of benzene rings is 5. The second-order valence-corrected chi connectivity index (χ2v) is 24.9. The largest absolute Gasteiger partial charge is 0.532 e. The monoisotopic (exact) mass is 992 g/mol. The lowest BCUT2D eigenvalue weighted by Gasteiger charge is -2.49. The molecule has 13 nitrogen and oxygen atoms in total. The summed E-state index contributed by atoms with van der Waals surface area (Å²) in [5, 5.41) is 1.70. The summed E-state index contributed by atoms with van der Waals surface area (Å²) in [5.41, 5.74) is 2.27. The smallest absolute Gasteiger partial charge is 0.320 e. The number of ether oxygens (including phenoxy) is 12. The van der Waals surface area contributed by atoms with E-state index in [2.05, 4.69) is 45.0 Å². The second-order valence-electron chi connectivity index (χ2n) is 20.7. The van der Waals surface area contributed by atoms with Crippen LogP contribution in [0.3, 0.4) is 0 Å². The molecule has 5 aromatic rings. The number of rotatable bonds is 15. The lowest BCUT2D eigenvalue weighted by atomic mass is 9.96. The van der Waals surface area contributed by atoms with E-state index in [1.54, 1.807) is 13.2 Å². The molecule has 0 spiro atoms. The molecular formula is C56H65FO13Si. The third-order valence-corrected chi connectivity index (χ3v) is 18.7. The molecule has 15 heteroatoms. The van der Waals surface area contributed by atoms with Crippen molar-refractivity contribution in [3.8, 4) is 11.5 Å². The first-order valence-electron chi connectivity index (χ1n) is 24.5. The van der Waals surface area contributed by atoms with Crippen molar-refractivity contribution >= 4 is 18.7 Å². The quantitative estimate of drug-likeness (QED) is 0.0934. The molecule has 0 radical (unpaired) electrons. The van der Waals surface area contributed by atoms with Crippen LogP contribution in [0.15, 0.2) is 133 Å². The molecule has 10 rings (SSSR count). The minimum absolute atomic E-state index is 0.0209. The van der Waals surface area contributed by atoms with Crippen molar-refractivity contribution < 1.29 is 65.7 Å². The first-order valence-corrected chi connectivity index (χ1v) is 26.4. The first-order chi connectivity index (χ1) is 34.1. The summed E-state index contributed by atoms with van der Waals surface area (Å²) in [4.78, 5) is 0. The zero-order valence-corrected chi connectivity index (χ0v) is 42.6. The standard InChI is InChI=1S/C56H65FO13Si/c1-54(2,3)71(39-20-14-10-15-21-39,40-22-16-11-17-23-40)70-42-29-26-36(30-41(42)57)32-59-47-45-43(33-61-51(64-45)37-18-12-9-13-19-37)63-52(49(47)60-31-35-24-27-38(58-8)28-25-35)66-48-46(44-34-62-55(4,5)67-44)65-53-50(48)68-56(6,7)69-53/h9-30,43-53H,31-34H2,1-8H3/t43-,44-,45-,46-,47+,48+,49+,50-,51-,52+,53-/m1/s1. The highest BCUT2D eigenvalue weighted by molar-refractivity contribution is 7.00. The van der Waals surface area contributed by atoms with Gasteiger partial charge >= 0.3 is 8.32 Å². The molecule has 0 aliphatic carbocycles. The second kappa shape index (κ2) is 20.4. The van der Waals surface area contributed by atoms with E-state index in [9.17, 15) is 0 Å². The van der Waals surface area contributed by atoms with Gasteiger partial charge in [-0.15, -0.1) is 0 Å². The molecule has 0 aromatic heterocycles. The van der Waals surface area contributed by atoms with Gasteiger partial charge in [-0.1, -0.05) is 130 Å². The minimum Gasteiger partial charge on any atom is -0.532 e. The van der Waals surface area contributed by atoms with Gasteiger partial charge in [0, 0.05) is 5.56 Å². The van der Waals surface area contributed by atoms with Gasteiger partial charge in [0.1, 0.15) is 60.3 Å². The van der Waals surface area contributed by atoms with Gasteiger partial charge in [-0.3, -0.25) is 0 Å². The number of hydrogen-bond acceptors (Lipinski definition) is 13. The van der Waals surface area contributed by atoms with E-state index in [0.29, 0.717) is 11.3 Å². The summed E-state index contributed by atoms with van der Waals surface area (Å²) >= 11 is 0. The highest BCUT2D eigenvalue weighted by Crippen LogP contribution is 2.45. The Morgan fingerprint density at radius 1 is 0.620 bits per heavy atom. The number of methoxy groups -OCH3 is 1. The molecule has 0 N–H and O–H groups in total. The molecular weight excluding hydrogens is 928 g/mol. The SMILES string of the molecule is COc1ccc(CO[C@@H]2[C@H](O[C@@H]3[C@H]4OC(C)(C)O[C@H]4O[C@@H]3[C@H]3COC(C)(C)O3)O[C@@H]3CO[C@@H](c4ccccc4)O[C@H]3[C@@H]2OCc2ccc(O[Si](c3ccccc3)(c3ccccc3)C(C)(C)C)c(F)c2)cc1. The Morgan fingerprint density at radius 3 is 1.86 bits per heavy atom. The normalized spacial score (nSPS) is 30.1. The Kier molecular flexibility index (Phi) is 14.3. The maximum Gasteiger partial charge on any atom is 0.320 e. The summed E-state index contributed by atoms with van der Waals surface area (Å²) in [5.74, 6) is -1.42. The van der Waals surface area contributed by atoms with Crippen molar-refractivity contribution in [2.45, 2.75) is 146 Å². The van der Waals surface area contributed by atoms with Gasteiger partial charge < -0.3 is 61.3 Å². The first kappa shape index (κ1) is 50.0. The van der Waals surface area contributed by atoms with E-state index in [4.69, 9.17) is 61.3 Å². The van der Waals surface area contributed by atoms with Crippen LogP contribution in [0.2, 0.25) is 5.04 Å². The third kappa shape index (κ3) is 10.5. The third-order valence-electron chi connectivity index (χ3n) is 13.8. The molecule has 5 saturated heterocycles. The minimum atomic E-state index is -3.14. The van der Waals surface area contributed by atoms with Crippen LogP contribution >= 0.6 is 0 Å². The Hall–Kier alpha value is -4.59. The number of hydrogen-bond donors (Lipinski definition) is 0. The van der Waals surface area contributed by atoms with Gasteiger partial charge in [0.25, 0.3) is 0 Å². The van der Waals surface area contributed by atoms with Gasteiger partial charge in [-0.05, 0) is 78.5 Å². The highest BCUT2D eigenvalue weighted by atomic mass is 28.4. The highest BCUT2D eigenvalue weighted by Gasteiger charge is 2.62. The molecule has 378 valence electrons. The van der Waals surface area contributed by atoms with Gasteiger partial charge in [0.05, 0.1) is 33.5 Å². The van der Waals surface area contributed by atoms with Crippen LogP contribution in [0, 0.1) is 5.82 Å². The predicted molar refractivity (Wildman–Crippen MR) is 262 cm³/mol. The summed E-state index contributed by atoms with van der Waals surface area (Å²) in [7, 11) is -1.52. The summed E-state index contributed by atoms with van der Waals surface area (Å²) < 4.78 is 102. The lowest BCUT2D eigenvalue weighted by Crippen LogP contribution is -2.68. The van der Waals surface area contributed by atoms with Crippen molar-refractivity contribution in [2.75, 3.05) is 20.3 Å². The Labute approximate surface area is 416 Å². The molecule has 11 atom stereocenters. The zero-order chi connectivity index (χ0) is 49.5. The van der Waals surface area contributed by atoms with Gasteiger partial charge in [-0.25, -0.2) is 4.39 Å². The van der Waals surface area contributed by atoms with E-state index in [1.807, 2.05) is 125 Å². The van der Waals surface area contributed by atoms with E-state index >= 15 is 4.39 Å². The van der Waals surface area contributed by atoms with E-state index in [0.717, 1.165) is 21.5 Å². The Balaban J connectivity index is 0.984. The summed E-state index contributed by atoms with van der Waals surface area (Å²) in [6.07, 6.45) is -8.34. The molecule has 5 heterocycles. The van der Waals surface area contributed by atoms with Crippen LogP contribution in [0.25, 0.3) is 0 Å². The molecule has 5 aliphatic rings. The molecule has 5 aliphatic heterocycles. The summed E-state index contributed by atoms with van der Waals surface area (Å²) in [6.45, 7) is 14.4. The maximum absolute atomic E-state index is 16.8. The molecule has 0 bridgehead atoms. The van der Waals surface area contributed by atoms with Crippen molar-refractivity contribution in [3.63, 3.8) is 0 Å². The van der Waals surface area contributed by atoms with E-state index in [1.165, 1.54) is 6.07 Å². The predicted octanol–water partition coefficient (Wildman–Crippen LogP) is 8.50. The van der Waals surface area contributed by atoms with Gasteiger partial charge in [0.2, 0.25) is 0 Å². The van der Waals surface area contributed by atoms with Crippen molar-refractivity contribution in [3.05, 3.63) is 156 Å². The number of halogens is 1. The van der Waals surface area contributed by atoms with E-state index < -0.39 is 93.4 Å². The molecule has 71 heavy (non-hydrogen) atoms. The average Bonchev–Trinajstić information content (AvgIpc) is 4.00. The Bertz CT molecular complexity index is 2510. The Morgan fingerprint density at radius 2 is 1.24 bits per heavy atom. The van der Waals surface area contributed by atoms with Crippen LogP contribution in [0.4, 0.5) is 4.39 Å². The van der Waals surface area contributed by atoms with Crippen LogP contribution in [-0.2, 0) is 65.3 Å². The van der Waals surface area contributed by atoms with Gasteiger partial charge in [0.15, 0.2) is 36.3 Å². The summed E-state index contributed by atoms with van der Waals surface area (Å²) in [6, 6.07) is 42.7. The molecule has 0 unspecified atom stereocenters. The zero-order valence-electron chi connectivity index (χ0n) is 41.6. The van der Waals surface area contributed by atoms with Crippen LogP contribution in [0.5, 0.6) is 11.5 Å². The number of fused-ring (bicyclic) bond motifs is 2. The molecule has 5 fully saturated rings. The molecule has 5 aromatic carbocycles. The van der Waals surface area contributed by atoms with Crippen molar-refractivity contribution in [1.82, 2.24) is 0 Å². The maximum atomic E-state index is 16.8. The van der Waals surface area contributed by atoms with Crippen molar-refractivity contribution in [1.29, 1.82) is 0 Å². The molecule has 0 saturated carbocycles. The van der Waals surface area contributed by atoms with Crippen LogP contribution < -0.4 is 19.5 Å². The topological polar surface area (TPSA) is 120 Å². The fraction of sp³-hybridized carbons (Fsp3) is 0.464. The van der Waals surface area contributed by atoms with Crippen molar-refractivity contribution in [2.24, 2.45) is 0 Å². The lowest BCUT2D eigenvalue weighted by molar-refractivity contribution is -0.381.